The van der Waals surface area contributed by atoms with E-state index >= 15 is 0 Å². The molecule has 3 fully saturated rings. The van der Waals surface area contributed by atoms with Crippen LogP contribution in [-0.4, -0.2) is 72.5 Å². The van der Waals surface area contributed by atoms with Crippen LogP contribution >= 0.6 is 11.6 Å². The van der Waals surface area contributed by atoms with Gasteiger partial charge in [-0.2, -0.15) is 22.3 Å². The van der Waals surface area contributed by atoms with E-state index in [9.17, 15) is 22.4 Å². The van der Waals surface area contributed by atoms with Gasteiger partial charge >= 0.3 is 0 Å². The summed E-state index contributed by atoms with van der Waals surface area (Å²) in [6.45, 7) is 1.12. The molecule has 0 saturated carbocycles. The number of benzene rings is 1. The lowest BCUT2D eigenvalue weighted by molar-refractivity contribution is -0.142. The summed E-state index contributed by atoms with van der Waals surface area (Å²) in [4.78, 5) is 27.7. The van der Waals surface area contributed by atoms with Crippen LogP contribution in [-0.2, 0) is 26.3 Å². The van der Waals surface area contributed by atoms with E-state index in [1.807, 2.05) is 0 Å². The SMILES string of the molecule is N#CC1CN(S(=O)(=O)N2CCC[C@H](C(=O)N3CCC[C@@H]3C(=O)NCc3cccc(Cl)c3F)C2)C1. The molecule has 9 nitrogen and oxygen atoms in total. The Labute approximate surface area is 203 Å². The Hall–Kier alpha value is -2.26. The maximum Gasteiger partial charge on any atom is 0.282 e. The summed E-state index contributed by atoms with van der Waals surface area (Å²) in [5.74, 6) is -2.01. The predicted octanol–water partition coefficient (Wildman–Crippen LogP) is 1.50. The minimum absolute atomic E-state index is 0.0254. The van der Waals surface area contributed by atoms with Crippen molar-refractivity contribution in [2.75, 3.05) is 32.7 Å². The summed E-state index contributed by atoms with van der Waals surface area (Å²) in [5.41, 5.74) is 0.259. The highest BCUT2D eigenvalue weighted by molar-refractivity contribution is 7.86. The van der Waals surface area contributed by atoms with E-state index in [-0.39, 0.29) is 54.5 Å². The lowest BCUT2D eigenvalue weighted by Gasteiger charge is -2.41. The van der Waals surface area contributed by atoms with Crippen molar-refractivity contribution in [1.82, 2.24) is 18.8 Å². The zero-order valence-electron chi connectivity index (χ0n) is 18.6. The van der Waals surface area contributed by atoms with Crippen LogP contribution in [0.2, 0.25) is 5.02 Å². The molecular weight excluding hydrogens is 485 g/mol. The van der Waals surface area contributed by atoms with Crippen LogP contribution in [0, 0.1) is 29.0 Å². The van der Waals surface area contributed by atoms with Crippen LogP contribution in [0.25, 0.3) is 0 Å². The molecule has 34 heavy (non-hydrogen) atoms. The number of nitriles is 1. The third-order valence-corrected chi connectivity index (χ3v) is 8.97. The number of likely N-dealkylation sites (tertiary alicyclic amines) is 1. The van der Waals surface area contributed by atoms with E-state index in [1.165, 1.54) is 25.6 Å². The van der Waals surface area contributed by atoms with Crippen molar-refractivity contribution in [2.45, 2.75) is 38.3 Å². The molecule has 1 aromatic rings. The number of carbonyl (C=O) groups is 2. The molecule has 3 saturated heterocycles. The Morgan fingerprint density at radius 1 is 1.15 bits per heavy atom. The van der Waals surface area contributed by atoms with Crippen molar-refractivity contribution in [3.05, 3.63) is 34.6 Å². The molecule has 0 aromatic heterocycles. The molecule has 0 radical (unpaired) electrons. The molecule has 2 amide bonds. The summed E-state index contributed by atoms with van der Waals surface area (Å²) >= 11 is 5.79. The van der Waals surface area contributed by atoms with E-state index in [1.54, 1.807) is 6.07 Å². The number of hydrogen-bond acceptors (Lipinski definition) is 5. The summed E-state index contributed by atoms with van der Waals surface area (Å²) in [5, 5.41) is 11.6. The van der Waals surface area contributed by atoms with Gasteiger partial charge in [0.2, 0.25) is 11.8 Å². The zero-order valence-corrected chi connectivity index (χ0v) is 20.2. The molecule has 3 aliphatic heterocycles. The fourth-order valence-electron chi connectivity index (χ4n) is 4.75. The number of halogens is 2. The average Bonchev–Trinajstić information content (AvgIpc) is 3.28. The first-order chi connectivity index (χ1) is 16.2. The van der Waals surface area contributed by atoms with Gasteiger partial charge in [-0.05, 0) is 31.7 Å². The fraction of sp³-hybridized carbons (Fsp3) is 0.591. The maximum atomic E-state index is 14.1. The first-order valence-electron chi connectivity index (χ1n) is 11.4. The largest absolute Gasteiger partial charge is 0.350 e. The molecule has 12 heteroatoms. The summed E-state index contributed by atoms with van der Waals surface area (Å²) in [7, 11) is -3.72. The molecule has 1 aromatic carbocycles. The summed E-state index contributed by atoms with van der Waals surface area (Å²) in [6, 6.07) is 5.95. The molecule has 3 aliphatic rings. The van der Waals surface area contributed by atoms with Gasteiger partial charge in [-0.1, -0.05) is 23.7 Å². The molecule has 0 spiro atoms. The highest BCUT2D eigenvalue weighted by Gasteiger charge is 2.44. The number of amides is 2. The van der Waals surface area contributed by atoms with Crippen LogP contribution in [0.1, 0.15) is 31.2 Å². The molecule has 1 N–H and O–H groups in total. The van der Waals surface area contributed by atoms with Gasteiger partial charge in [0.05, 0.1) is 22.9 Å². The quantitative estimate of drug-likeness (QED) is 0.621. The Morgan fingerprint density at radius 2 is 1.88 bits per heavy atom. The first kappa shape index (κ1) is 24.9. The monoisotopic (exact) mass is 511 g/mol. The molecule has 2 atom stereocenters. The lowest BCUT2D eigenvalue weighted by atomic mass is 9.97. The van der Waals surface area contributed by atoms with Gasteiger partial charge in [0.1, 0.15) is 11.9 Å². The molecule has 0 aliphatic carbocycles. The normalized spacial score (nSPS) is 24.4. The Balaban J connectivity index is 1.37. The van der Waals surface area contributed by atoms with Crippen molar-refractivity contribution in [3.8, 4) is 6.07 Å². The number of rotatable bonds is 6. The molecule has 184 valence electrons. The number of nitrogens with zero attached hydrogens (tertiary/aromatic N) is 4. The Morgan fingerprint density at radius 3 is 2.62 bits per heavy atom. The molecule has 4 rings (SSSR count). The van der Waals surface area contributed by atoms with E-state index < -0.39 is 28.0 Å². The van der Waals surface area contributed by atoms with Gasteiger partial charge in [-0.3, -0.25) is 9.59 Å². The number of hydrogen-bond donors (Lipinski definition) is 1. The predicted molar refractivity (Wildman–Crippen MR) is 122 cm³/mol. The zero-order chi connectivity index (χ0) is 24.5. The highest BCUT2D eigenvalue weighted by Crippen LogP contribution is 2.29. The summed E-state index contributed by atoms with van der Waals surface area (Å²) < 4.78 is 42.5. The second-order valence-electron chi connectivity index (χ2n) is 8.97. The van der Waals surface area contributed by atoms with E-state index in [0.717, 1.165) is 0 Å². The van der Waals surface area contributed by atoms with Gasteiger partial charge in [0, 0.05) is 44.8 Å². The van der Waals surface area contributed by atoms with E-state index in [4.69, 9.17) is 16.9 Å². The molecule has 3 heterocycles. The highest BCUT2D eigenvalue weighted by atomic mass is 35.5. The van der Waals surface area contributed by atoms with Crippen LogP contribution in [0.4, 0.5) is 4.39 Å². The van der Waals surface area contributed by atoms with E-state index in [0.29, 0.717) is 38.8 Å². The molecule has 0 bridgehead atoms. The average molecular weight is 512 g/mol. The van der Waals surface area contributed by atoms with Gasteiger partial charge in [-0.25, -0.2) is 4.39 Å². The molecule has 0 unspecified atom stereocenters. The van der Waals surface area contributed by atoms with Crippen LogP contribution in [0.3, 0.4) is 0 Å². The van der Waals surface area contributed by atoms with Crippen LogP contribution in [0.15, 0.2) is 18.2 Å². The first-order valence-corrected chi connectivity index (χ1v) is 13.2. The second-order valence-corrected chi connectivity index (χ2v) is 11.3. The fourth-order valence-corrected chi connectivity index (χ4v) is 6.73. The van der Waals surface area contributed by atoms with Gasteiger partial charge < -0.3 is 10.2 Å². The Kier molecular flexibility index (Phi) is 7.42. The van der Waals surface area contributed by atoms with Crippen molar-refractivity contribution in [2.24, 2.45) is 11.8 Å². The van der Waals surface area contributed by atoms with Gasteiger partial charge in [0.15, 0.2) is 0 Å². The van der Waals surface area contributed by atoms with Crippen molar-refractivity contribution >= 4 is 33.6 Å². The minimum atomic E-state index is -3.72. The number of carbonyl (C=O) groups excluding carboxylic acids is 2. The standard InChI is InChI=1S/C22H27ClFN5O4S/c23-18-6-1-4-16(20(18)24)11-26-21(30)19-7-3-9-29(19)22(31)17-5-2-8-27(14-17)34(32,33)28-12-15(10-25)13-28/h1,4,6,15,17,19H,2-3,5,7-9,11-14H2,(H,26,30)/t17-,19+/m0/s1. The third-order valence-electron chi connectivity index (χ3n) is 6.74. The van der Waals surface area contributed by atoms with Gasteiger partial charge in [0.25, 0.3) is 10.2 Å². The topological polar surface area (TPSA) is 114 Å². The second kappa shape index (κ2) is 10.2. The van der Waals surface area contributed by atoms with Crippen molar-refractivity contribution < 1.29 is 22.4 Å². The third kappa shape index (κ3) is 4.91. The molecular formula is C22H27ClFN5O4S. The van der Waals surface area contributed by atoms with Crippen molar-refractivity contribution in [3.63, 3.8) is 0 Å². The Bertz CT molecular complexity index is 1110. The van der Waals surface area contributed by atoms with Crippen molar-refractivity contribution in [1.29, 1.82) is 5.26 Å². The number of nitrogens with one attached hydrogen (secondary N) is 1. The smallest absolute Gasteiger partial charge is 0.282 e. The minimum Gasteiger partial charge on any atom is -0.350 e. The van der Waals surface area contributed by atoms with Gasteiger partial charge in [-0.15, -0.1) is 0 Å². The summed E-state index contributed by atoms with van der Waals surface area (Å²) in [6.07, 6.45) is 2.25. The van der Waals surface area contributed by atoms with Crippen LogP contribution in [0.5, 0.6) is 0 Å². The maximum absolute atomic E-state index is 14.1. The van der Waals surface area contributed by atoms with E-state index in [2.05, 4.69) is 11.4 Å². The van der Waals surface area contributed by atoms with Crippen LogP contribution < -0.4 is 5.32 Å². The number of piperidine rings is 1. The lowest BCUT2D eigenvalue weighted by Crippen LogP contribution is -2.57.